The Morgan fingerprint density at radius 3 is 2.53 bits per heavy atom. The van der Waals surface area contributed by atoms with Gasteiger partial charge >= 0.3 is 0 Å². The summed E-state index contributed by atoms with van der Waals surface area (Å²) >= 11 is 6.05. The average Bonchev–Trinajstić information content (AvgIpc) is 2.81. The van der Waals surface area contributed by atoms with E-state index in [0.717, 1.165) is 21.8 Å². The average molecular weight is 452 g/mol. The second kappa shape index (κ2) is 8.76. The third kappa shape index (κ3) is 4.17. The van der Waals surface area contributed by atoms with E-state index < -0.39 is 28.2 Å². The molecular formula is C23H18ClN3O5. The molecule has 9 heteroatoms. The van der Waals surface area contributed by atoms with Gasteiger partial charge in [0.2, 0.25) is 0 Å². The lowest BCUT2D eigenvalue weighted by Crippen LogP contribution is -2.45. The second-order valence-electron chi connectivity index (χ2n) is 7.45. The van der Waals surface area contributed by atoms with Crippen LogP contribution in [0.3, 0.4) is 0 Å². The zero-order valence-corrected chi connectivity index (χ0v) is 17.6. The number of non-ortho nitro benzene ring substituents is 1. The van der Waals surface area contributed by atoms with E-state index in [2.05, 4.69) is 0 Å². The molecule has 1 aliphatic rings. The molecule has 1 atom stereocenters. The highest BCUT2D eigenvalue weighted by Crippen LogP contribution is 2.25. The molecule has 0 bridgehead atoms. The number of pyridine rings is 1. The molecule has 0 N–H and O–H groups in total. The quantitative estimate of drug-likeness (QED) is 0.256. The van der Waals surface area contributed by atoms with Crippen LogP contribution in [-0.4, -0.2) is 32.6 Å². The molecule has 0 fully saturated rings. The molecule has 2 aromatic carbocycles. The van der Waals surface area contributed by atoms with Crippen molar-refractivity contribution in [2.45, 2.75) is 19.0 Å². The number of ketones is 1. The van der Waals surface area contributed by atoms with Crippen molar-refractivity contribution in [3.8, 4) is 0 Å². The molecule has 0 aliphatic carbocycles. The molecule has 0 radical (unpaired) electrons. The number of carbonyl (C=O) groups is 2. The summed E-state index contributed by atoms with van der Waals surface area (Å²) in [5.74, 6) is -1.29. The zero-order chi connectivity index (χ0) is 22.8. The number of amides is 1. The molecule has 1 aromatic heterocycles. The van der Waals surface area contributed by atoms with Gasteiger partial charge in [-0.1, -0.05) is 48.0 Å². The van der Waals surface area contributed by atoms with Crippen molar-refractivity contribution < 1.29 is 14.5 Å². The first-order chi connectivity index (χ1) is 15.3. The minimum atomic E-state index is -1.53. The van der Waals surface area contributed by atoms with E-state index >= 15 is 0 Å². The Morgan fingerprint density at radius 2 is 1.78 bits per heavy atom. The molecule has 4 rings (SSSR count). The number of nitro groups is 1. The standard InChI is InChI=1S/C23H18ClN3O5/c24-18-8-9-20(28)26(14-18)21(22(29)16-6-3-7-19(12-16)27(31)32)23(30)25-11-10-15-4-1-2-5-17(15)13-25/h1-9,12,14,21H,10-11,13H2/t21-/m1/s1. The number of Topliss-reactive ketones (excluding diaryl/α,β-unsaturated/α-hetero) is 1. The molecule has 0 unspecified atom stereocenters. The van der Waals surface area contributed by atoms with Crippen molar-refractivity contribution in [2.75, 3.05) is 6.54 Å². The minimum absolute atomic E-state index is 0.0400. The van der Waals surface area contributed by atoms with Gasteiger partial charge in [-0.25, -0.2) is 0 Å². The first-order valence-corrected chi connectivity index (χ1v) is 10.2. The van der Waals surface area contributed by atoms with Gasteiger partial charge in [-0.15, -0.1) is 0 Å². The van der Waals surface area contributed by atoms with E-state index in [9.17, 15) is 24.5 Å². The molecule has 1 aliphatic heterocycles. The lowest BCUT2D eigenvalue weighted by Gasteiger charge is -2.32. The van der Waals surface area contributed by atoms with Crippen molar-refractivity contribution in [1.29, 1.82) is 0 Å². The number of aromatic nitrogens is 1. The number of nitro benzene ring substituents is 1. The predicted octanol–water partition coefficient (Wildman–Crippen LogP) is 3.42. The van der Waals surface area contributed by atoms with Crippen molar-refractivity contribution >= 4 is 29.0 Å². The molecule has 162 valence electrons. The summed E-state index contributed by atoms with van der Waals surface area (Å²) in [5, 5.41) is 11.3. The maximum Gasteiger partial charge on any atom is 0.270 e. The highest BCUT2D eigenvalue weighted by molar-refractivity contribution is 6.30. The Kier molecular flexibility index (Phi) is 5.87. The van der Waals surface area contributed by atoms with E-state index in [1.54, 1.807) is 0 Å². The summed E-state index contributed by atoms with van der Waals surface area (Å²) in [5.41, 5.74) is 1.18. The first-order valence-electron chi connectivity index (χ1n) is 9.87. The van der Waals surface area contributed by atoms with Gasteiger partial charge in [-0.3, -0.25) is 29.1 Å². The largest absolute Gasteiger partial charge is 0.336 e. The number of nitrogens with zero attached hydrogens (tertiary/aromatic N) is 3. The van der Waals surface area contributed by atoms with E-state index in [4.69, 9.17) is 11.6 Å². The maximum atomic E-state index is 13.6. The number of hydrogen-bond acceptors (Lipinski definition) is 5. The lowest BCUT2D eigenvalue weighted by atomic mass is 9.97. The number of carbonyl (C=O) groups excluding carboxylic acids is 2. The SMILES string of the molecule is O=C(c1cccc([N+](=O)[O-])c1)[C@H](C(=O)N1CCc2ccccc2C1)n1cc(Cl)ccc1=O. The first kappa shape index (κ1) is 21.5. The molecule has 2 heterocycles. The Morgan fingerprint density at radius 1 is 1.03 bits per heavy atom. The van der Waals surface area contributed by atoms with E-state index in [1.807, 2.05) is 24.3 Å². The molecule has 32 heavy (non-hydrogen) atoms. The van der Waals surface area contributed by atoms with Gasteiger partial charge in [0.25, 0.3) is 17.2 Å². The third-order valence-corrected chi connectivity index (χ3v) is 5.67. The van der Waals surface area contributed by atoms with Crippen molar-refractivity contribution in [3.63, 3.8) is 0 Å². The summed E-state index contributed by atoms with van der Waals surface area (Å²) in [4.78, 5) is 51.7. The molecule has 1 amide bonds. The molecule has 8 nitrogen and oxygen atoms in total. The smallest absolute Gasteiger partial charge is 0.270 e. The second-order valence-corrected chi connectivity index (χ2v) is 7.88. The van der Waals surface area contributed by atoms with Gasteiger partial charge in [0, 0.05) is 43.0 Å². The van der Waals surface area contributed by atoms with Gasteiger partial charge < -0.3 is 4.90 Å². The topological polar surface area (TPSA) is 103 Å². The minimum Gasteiger partial charge on any atom is -0.336 e. The van der Waals surface area contributed by atoms with Crippen LogP contribution in [0.15, 0.2) is 71.7 Å². The molecular weight excluding hydrogens is 434 g/mol. The van der Waals surface area contributed by atoms with Gasteiger partial charge in [-0.05, 0) is 23.6 Å². The van der Waals surface area contributed by atoms with Crippen LogP contribution in [0, 0.1) is 10.1 Å². The fraction of sp³-hybridized carbons (Fsp3) is 0.174. The zero-order valence-electron chi connectivity index (χ0n) is 16.8. The Hall–Kier alpha value is -3.78. The van der Waals surface area contributed by atoms with Crippen LogP contribution in [0.5, 0.6) is 0 Å². The van der Waals surface area contributed by atoms with E-state index in [0.29, 0.717) is 19.5 Å². The van der Waals surface area contributed by atoms with Gasteiger partial charge in [0.15, 0.2) is 11.8 Å². The number of fused-ring (bicyclic) bond motifs is 1. The lowest BCUT2D eigenvalue weighted by molar-refractivity contribution is -0.384. The van der Waals surface area contributed by atoms with Crippen LogP contribution >= 0.6 is 11.6 Å². The summed E-state index contributed by atoms with van der Waals surface area (Å²) in [6.07, 6.45) is 1.85. The monoisotopic (exact) mass is 451 g/mol. The Bertz CT molecular complexity index is 1290. The molecule has 3 aromatic rings. The Balaban J connectivity index is 1.76. The predicted molar refractivity (Wildman–Crippen MR) is 118 cm³/mol. The van der Waals surface area contributed by atoms with Crippen molar-refractivity contribution in [1.82, 2.24) is 9.47 Å². The summed E-state index contributed by atoms with van der Waals surface area (Å²) < 4.78 is 0.992. The number of rotatable bonds is 5. The molecule has 0 saturated carbocycles. The van der Waals surface area contributed by atoms with Crippen molar-refractivity contribution in [2.24, 2.45) is 0 Å². The summed E-state index contributed by atoms with van der Waals surface area (Å²) in [6, 6.07) is 13.8. The van der Waals surface area contributed by atoms with E-state index in [-0.39, 0.29) is 16.3 Å². The molecule has 0 saturated heterocycles. The summed E-state index contributed by atoms with van der Waals surface area (Å²) in [7, 11) is 0. The highest BCUT2D eigenvalue weighted by atomic mass is 35.5. The maximum absolute atomic E-state index is 13.6. The normalized spacial score (nSPS) is 13.8. The van der Waals surface area contributed by atoms with Gasteiger partial charge in [0.05, 0.1) is 9.95 Å². The van der Waals surface area contributed by atoms with Gasteiger partial charge in [0.1, 0.15) is 0 Å². The van der Waals surface area contributed by atoms with Crippen LogP contribution in [0.1, 0.15) is 27.5 Å². The van der Waals surface area contributed by atoms with Crippen LogP contribution in [0.4, 0.5) is 5.69 Å². The third-order valence-electron chi connectivity index (χ3n) is 5.45. The Labute approximate surface area is 187 Å². The van der Waals surface area contributed by atoms with Crippen LogP contribution in [0.25, 0.3) is 0 Å². The van der Waals surface area contributed by atoms with E-state index in [1.165, 1.54) is 41.4 Å². The number of halogens is 1. The van der Waals surface area contributed by atoms with Crippen LogP contribution in [0.2, 0.25) is 5.02 Å². The van der Waals surface area contributed by atoms with Crippen LogP contribution in [-0.2, 0) is 17.8 Å². The fourth-order valence-electron chi connectivity index (χ4n) is 3.82. The fourth-order valence-corrected chi connectivity index (χ4v) is 3.99. The van der Waals surface area contributed by atoms with Crippen molar-refractivity contribution in [3.05, 3.63) is 109 Å². The summed E-state index contributed by atoms with van der Waals surface area (Å²) in [6.45, 7) is 0.674. The number of hydrogen-bond donors (Lipinski definition) is 0. The molecule has 0 spiro atoms. The van der Waals surface area contributed by atoms with Gasteiger partial charge in [-0.2, -0.15) is 0 Å². The highest BCUT2D eigenvalue weighted by Gasteiger charge is 2.35. The number of benzene rings is 2. The van der Waals surface area contributed by atoms with Crippen LogP contribution < -0.4 is 5.56 Å².